The monoisotopic (exact) mass is 216 g/mol. The van der Waals surface area contributed by atoms with Crippen LogP contribution in [0.15, 0.2) is 18.2 Å². The van der Waals surface area contributed by atoms with Gasteiger partial charge in [0, 0.05) is 16.8 Å². The second-order valence-electron chi connectivity index (χ2n) is 3.30. The predicted molar refractivity (Wildman–Crippen MR) is 61.5 cm³/mol. The van der Waals surface area contributed by atoms with Crippen molar-refractivity contribution in [3.05, 3.63) is 29.3 Å². The highest BCUT2D eigenvalue weighted by Crippen LogP contribution is 2.13. The Morgan fingerprint density at radius 1 is 1.38 bits per heavy atom. The minimum absolute atomic E-state index is 0.00605. The first-order valence-electron chi connectivity index (χ1n) is 4.68. The number of primary amides is 1. The van der Waals surface area contributed by atoms with E-state index < -0.39 is 5.91 Å². The van der Waals surface area contributed by atoms with E-state index in [2.05, 4.69) is 11.8 Å². The van der Waals surface area contributed by atoms with Gasteiger partial charge in [-0.05, 0) is 19.1 Å². The smallest absolute Gasteiger partial charge is 0.229 e. The molecule has 0 saturated carbocycles. The summed E-state index contributed by atoms with van der Waals surface area (Å²) in [6.45, 7) is 1.47. The maximum atomic E-state index is 11.1. The molecule has 0 aromatic heterocycles. The summed E-state index contributed by atoms with van der Waals surface area (Å²) in [5.74, 6) is 4.79. The summed E-state index contributed by atoms with van der Waals surface area (Å²) in [5.41, 5.74) is 12.2. The minimum atomic E-state index is -0.480. The van der Waals surface area contributed by atoms with E-state index in [0.717, 1.165) is 0 Å². The molecule has 0 radical (unpaired) electrons. The molecule has 16 heavy (non-hydrogen) atoms. The van der Waals surface area contributed by atoms with E-state index in [1.165, 1.54) is 6.92 Å². The summed E-state index contributed by atoms with van der Waals surface area (Å²) in [5, 5.41) is 0. The normalized spacial score (nSPS) is 9.06. The Balaban J connectivity index is 2.94. The highest BCUT2D eigenvalue weighted by atomic mass is 16.1. The summed E-state index contributed by atoms with van der Waals surface area (Å²) in [6.07, 6.45) is -0.00605. The van der Waals surface area contributed by atoms with Crippen LogP contribution in [0.2, 0.25) is 0 Å². The van der Waals surface area contributed by atoms with Crippen molar-refractivity contribution in [2.45, 2.75) is 13.3 Å². The Bertz CT molecular complexity index is 495. The Morgan fingerprint density at radius 3 is 2.56 bits per heavy atom. The standard InChI is InChI=1S/C12H12N2O2/c1-8(15)10-6-5-9(11(13)7-10)3-2-4-12(14)16/h5-7H,4,13H2,1H3,(H2,14,16). The van der Waals surface area contributed by atoms with Crippen molar-refractivity contribution in [1.82, 2.24) is 0 Å². The molecule has 4 heteroatoms. The van der Waals surface area contributed by atoms with Crippen LogP contribution in [-0.2, 0) is 4.79 Å². The van der Waals surface area contributed by atoms with Gasteiger partial charge < -0.3 is 11.5 Å². The highest BCUT2D eigenvalue weighted by Gasteiger charge is 2.02. The molecule has 0 fully saturated rings. The van der Waals surface area contributed by atoms with Crippen LogP contribution in [0.1, 0.15) is 29.3 Å². The van der Waals surface area contributed by atoms with E-state index in [1.807, 2.05) is 0 Å². The number of hydrogen-bond donors (Lipinski definition) is 2. The van der Waals surface area contributed by atoms with E-state index in [9.17, 15) is 9.59 Å². The fraction of sp³-hybridized carbons (Fsp3) is 0.167. The molecule has 0 saturated heterocycles. The molecule has 1 aromatic carbocycles. The number of rotatable bonds is 2. The second-order valence-corrected chi connectivity index (χ2v) is 3.30. The van der Waals surface area contributed by atoms with Gasteiger partial charge in [0.2, 0.25) is 5.91 Å². The van der Waals surface area contributed by atoms with E-state index in [1.54, 1.807) is 18.2 Å². The summed E-state index contributed by atoms with van der Waals surface area (Å²) >= 11 is 0. The first-order valence-corrected chi connectivity index (χ1v) is 4.68. The van der Waals surface area contributed by atoms with Crippen LogP contribution in [0.5, 0.6) is 0 Å². The van der Waals surface area contributed by atoms with Crippen LogP contribution < -0.4 is 11.5 Å². The number of nitrogens with two attached hydrogens (primary N) is 2. The third-order valence-corrected chi connectivity index (χ3v) is 1.94. The molecule has 0 bridgehead atoms. The van der Waals surface area contributed by atoms with Gasteiger partial charge in [0.15, 0.2) is 5.78 Å². The molecule has 0 spiro atoms. The molecule has 4 nitrogen and oxygen atoms in total. The summed E-state index contributed by atoms with van der Waals surface area (Å²) in [7, 11) is 0. The number of benzene rings is 1. The average molecular weight is 216 g/mol. The molecular formula is C12H12N2O2. The van der Waals surface area contributed by atoms with E-state index in [-0.39, 0.29) is 12.2 Å². The lowest BCUT2D eigenvalue weighted by Gasteiger charge is -2.00. The quantitative estimate of drug-likeness (QED) is 0.433. The van der Waals surface area contributed by atoms with Gasteiger partial charge in [-0.2, -0.15) is 0 Å². The number of carbonyl (C=O) groups is 2. The number of ketones is 1. The van der Waals surface area contributed by atoms with Gasteiger partial charge in [-0.1, -0.05) is 17.9 Å². The molecule has 0 aliphatic heterocycles. The lowest BCUT2D eigenvalue weighted by molar-refractivity contribution is -0.117. The van der Waals surface area contributed by atoms with Crippen molar-refractivity contribution >= 4 is 17.4 Å². The van der Waals surface area contributed by atoms with Gasteiger partial charge in [0.25, 0.3) is 0 Å². The van der Waals surface area contributed by atoms with Gasteiger partial charge in [0.1, 0.15) is 0 Å². The molecule has 82 valence electrons. The maximum absolute atomic E-state index is 11.1. The molecule has 4 N–H and O–H groups in total. The Kier molecular flexibility index (Phi) is 3.67. The molecule has 0 aliphatic rings. The Hall–Kier alpha value is -2.28. The average Bonchev–Trinajstić information content (AvgIpc) is 2.19. The third kappa shape index (κ3) is 3.14. The van der Waals surface area contributed by atoms with E-state index >= 15 is 0 Å². The van der Waals surface area contributed by atoms with E-state index in [4.69, 9.17) is 11.5 Å². The van der Waals surface area contributed by atoms with Gasteiger partial charge in [-0.25, -0.2) is 0 Å². The zero-order valence-electron chi connectivity index (χ0n) is 8.91. The lowest BCUT2D eigenvalue weighted by Crippen LogP contribution is -2.08. The number of hydrogen-bond acceptors (Lipinski definition) is 3. The number of anilines is 1. The molecular weight excluding hydrogens is 204 g/mol. The van der Waals surface area contributed by atoms with Crippen molar-refractivity contribution in [3.8, 4) is 11.8 Å². The highest BCUT2D eigenvalue weighted by molar-refractivity contribution is 5.95. The molecule has 1 aromatic rings. The van der Waals surface area contributed by atoms with Crippen molar-refractivity contribution in [1.29, 1.82) is 0 Å². The van der Waals surface area contributed by atoms with Crippen molar-refractivity contribution < 1.29 is 9.59 Å². The van der Waals surface area contributed by atoms with Crippen LogP contribution in [0.3, 0.4) is 0 Å². The number of amides is 1. The number of carbonyl (C=O) groups excluding carboxylic acids is 2. The molecule has 0 heterocycles. The maximum Gasteiger partial charge on any atom is 0.229 e. The summed E-state index contributed by atoms with van der Waals surface area (Å²) < 4.78 is 0. The van der Waals surface area contributed by atoms with Crippen molar-refractivity contribution in [3.63, 3.8) is 0 Å². The summed E-state index contributed by atoms with van der Waals surface area (Å²) in [4.78, 5) is 21.5. The molecule has 0 atom stereocenters. The molecule has 1 rings (SSSR count). The molecule has 0 aliphatic carbocycles. The first kappa shape index (κ1) is 11.8. The largest absolute Gasteiger partial charge is 0.398 e. The first-order chi connectivity index (χ1) is 7.50. The van der Waals surface area contributed by atoms with Crippen LogP contribution in [0.25, 0.3) is 0 Å². The zero-order valence-corrected chi connectivity index (χ0v) is 8.91. The van der Waals surface area contributed by atoms with Crippen molar-refractivity contribution in [2.75, 3.05) is 5.73 Å². The fourth-order valence-electron chi connectivity index (χ4n) is 1.12. The number of Topliss-reactive ketones (excluding diaryl/α,β-unsaturated/α-hetero) is 1. The Morgan fingerprint density at radius 2 is 2.06 bits per heavy atom. The molecule has 0 unspecified atom stereocenters. The molecule has 1 amide bonds. The zero-order chi connectivity index (χ0) is 12.1. The SMILES string of the molecule is CC(=O)c1ccc(C#CCC(N)=O)c(N)c1. The van der Waals surface area contributed by atoms with E-state index in [0.29, 0.717) is 16.8 Å². The number of nitrogen functional groups attached to an aromatic ring is 1. The summed E-state index contributed by atoms with van der Waals surface area (Å²) in [6, 6.07) is 4.86. The van der Waals surface area contributed by atoms with Crippen molar-refractivity contribution in [2.24, 2.45) is 5.73 Å². The van der Waals surface area contributed by atoms with Gasteiger partial charge >= 0.3 is 0 Å². The Labute approximate surface area is 93.6 Å². The fourth-order valence-corrected chi connectivity index (χ4v) is 1.12. The minimum Gasteiger partial charge on any atom is -0.398 e. The third-order valence-electron chi connectivity index (χ3n) is 1.94. The van der Waals surface area contributed by atoms with Crippen LogP contribution in [0.4, 0.5) is 5.69 Å². The van der Waals surface area contributed by atoms with Gasteiger partial charge in [0.05, 0.1) is 6.42 Å². The van der Waals surface area contributed by atoms with Gasteiger partial charge in [-0.15, -0.1) is 0 Å². The van der Waals surface area contributed by atoms with Gasteiger partial charge in [-0.3, -0.25) is 9.59 Å². The topological polar surface area (TPSA) is 86.2 Å². The van der Waals surface area contributed by atoms with Crippen LogP contribution in [0, 0.1) is 11.8 Å². The van der Waals surface area contributed by atoms with Crippen LogP contribution in [-0.4, -0.2) is 11.7 Å². The predicted octanol–water partition coefficient (Wildman–Crippen LogP) is 0.698. The lowest BCUT2D eigenvalue weighted by atomic mass is 10.1. The van der Waals surface area contributed by atoms with Crippen LogP contribution >= 0.6 is 0 Å². The second kappa shape index (κ2) is 4.99.